The van der Waals surface area contributed by atoms with Crippen molar-refractivity contribution in [3.63, 3.8) is 0 Å². The molecule has 0 spiro atoms. The lowest BCUT2D eigenvalue weighted by Gasteiger charge is -2.35. The van der Waals surface area contributed by atoms with Crippen molar-refractivity contribution in [2.45, 2.75) is 31.7 Å². The summed E-state index contributed by atoms with van der Waals surface area (Å²) >= 11 is 0. The van der Waals surface area contributed by atoms with Crippen LogP contribution in [0.1, 0.15) is 37.4 Å². The number of imidazole rings is 1. The lowest BCUT2D eigenvalue weighted by Crippen LogP contribution is -2.46. The lowest BCUT2D eigenvalue weighted by molar-refractivity contribution is 0.152. The van der Waals surface area contributed by atoms with Crippen LogP contribution >= 0.6 is 0 Å². The Bertz CT molecular complexity index is 714. The lowest BCUT2D eigenvalue weighted by atomic mass is 10.1. The van der Waals surface area contributed by atoms with Crippen molar-refractivity contribution in [3.8, 4) is 0 Å². The monoisotopic (exact) mass is 325 g/mol. The number of hydrogen-bond donors (Lipinski definition) is 1. The van der Waals surface area contributed by atoms with E-state index in [1.54, 1.807) is 0 Å². The third kappa shape index (κ3) is 2.70. The largest absolute Gasteiger partial charge is 0.358 e. The number of hydrogen-bond acceptors (Lipinski definition) is 4. The second-order valence-corrected chi connectivity index (χ2v) is 7.63. The van der Waals surface area contributed by atoms with Gasteiger partial charge in [0.2, 0.25) is 0 Å². The van der Waals surface area contributed by atoms with Crippen molar-refractivity contribution < 1.29 is 0 Å². The van der Waals surface area contributed by atoms with Crippen LogP contribution in [0.4, 0.5) is 5.82 Å². The van der Waals surface area contributed by atoms with E-state index in [-0.39, 0.29) is 0 Å². The highest BCUT2D eigenvalue weighted by molar-refractivity contribution is 5.53. The Morgan fingerprint density at radius 3 is 2.83 bits per heavy atom. The Morgan fingerprint density at radius 1 is 1.12 bits per heavy atom. The number of pyridine rings is 1. The van der Waals surface area contributed by atoms with Gasteiger partial charge in [-0.05, 0) is 43.7 Å². The molecule has 0 bridgehead atoms. The first-order valence-electron chi connectivity index (χ1n) is 9.56. The van der Waals surface area contributed by atoms with Crippen molar-refractivity contribution >= 4 is 11.5 Å². The number of rotatable bonds is 4. The Balaban J connectivity index is 1.48. The van der Waals surface area contributed by atoms with E-state index in [4.69, 9.17) is 4.98 Å². The third-order valence-corrected chi connectivity index (χ3v) is 5.80. The van der Waals surface area contributed by atoms with Gasteiger partial charge in [-0.2, -0.15) is 0 Å². The molecule has 3 aliphatic rings. The van der Waals surface area contributed by atoms with Gasteiger partial charge in [0.15, 0.2) is 0 Å². The van der Waals surface area contributed by atoms with Crippen LogP contribution in [-0.2, 0) is 0 Å². The van der Waals surface area contributed by atoms with Crippen LogP contribution in [-0.4, -0.2) is 53.6 Å². The first kappa shape index (κ1) is 14.7. The third-order valence-electron chi connectivity index (χ3n) is 5.80. The molecule has 1 aliphatic carbocycles. The fourth-order valence-electron chi connectivity index (χ4n) is 4.27. The second kappa shape index (κ2) is 6.05. The van der Waals surface area contributed by atoms with Gasteiger partial charge in [-0.25, -0.2) is 4.98 Å². The number of fused-ring (bicyclic) bond motifs is 1. The van der Waals surface area contributed by atoms with E-state index in [0.717, 1.165) is 31.2 Å². The minimum Gasteiger partial charge on any atom is -0.358 e. The van der Waals surface area contributed by atoms with Gasteiger partial charge in [-0.3, -0.25) is 9.30 Å². The van der Waals surface area contributed by atoms with Crippen molar-refractivity contribution in [2.24, 2.45) is 5.92 Å². The van der Waals surface area contributed by atoms with Crippen LogP contribution in [0.5, 0.6) is 0 Å². The molecular weight excluding hydrogens is 298 g/mol. The fraction of sp³-hybridized carbons (Fsp3) is 0.632. The molecule has 3 fully saturated rings. The van der Waals surface area contributed by atoms with Gasteiger partial charge >= 0.3 is 0 Å². The van der Waals surface area contributed by atoms with Gasteiger partial charge in [0.25, 0.3) is 0 Å². The molecule has 0 amide bonds. The Morgan fingerprint density at radius 2 is 2.00 bits per heavy atom. The van der Waals surface area contributed by atoms with Crippen LogP contribution in [0.15, 0.2) is 24.4 Å². The molecule has 0 unspecified atom stereocenters. The number of anilines is 1. The van der Waals surface area contributed by atoms with Gasteiger partial charge in [0, 0.05) is 45.5 Å². The topological polar surface area (TPSA) is 35.8 Å². The molecule has 1 saturated carbocycles. The van der Waals surface area contributed by atoms with E-state index in [1.807, 2.05) is 0 Å². The molecular formula is C19H27N5. The summed E-state index contributed by atoms with van der Waals surface area (Å²) in [6.45, 7) is 6.87. The van der Waals surface area contributed by atoms with Crippen molar-refractivity contribution in [1.82, 2.24) is 19.6 Å². The van der Waals surface area contributed by atoms with Gasteiger partial charge in [0.05, 0.1) is 11.7 Å². The molecule has 0 radical (unpaired) electrons. The highest BCUT2D eigenvalue weighted by atomic mass is 15.3. The maximum Gasteiger partial charge on any atom is 0.138 e. The zero-order valence-corrected chi connectivity index (χ0v) is 14.3. The summed E-state index contributed by atoms with van der Waals surface area (Å²) in [5.41, 5.74) is 2.32. The summed E-state index contributed by atoms with van der Waals surface area (Å²) in [5, 5.41) is 3.57. The van der Waals surface area contributed by atoms with Crippen molar-refractivity contribution in [3.05, 3.63) is 30.1 Å². The average Bonchev–Trinajstić information content (AvgIpc) is 3.12. The minimum atomic E-state index is 0.422. The van der Waals surface area contributed by atoms with E-state index < -0.39 is 0 Å². The molecule has 0 aromatic carbocycles. The summed E-state index contributed by atoms with van der Waals surface area (Å²) in [4.78, 5) is 10.2. The van der Waals surface area contributed by atoms with Crippen LogP contribution in [0.2, 0.25) is 0 Å². The molecule has 128 valence electrons. The number of nitrogens with zero attached hydrogens (tertiary/aromatic N) is 4. The van der Waals surface area contributed by atoms with Crippen molar-refractivity contribution in [2.75, 3.05) is 44.2 Å². The first-order chi connectivity index (χ1) is 11.9. The van der Waals surface area contributed by atoms with Gasteiger partial charge in [-0.15, -0.1) is 0 Å². The summed E-state index contributed by atoms with van der Waals surface area (Å²) < 4.78 is 2.31. The molecule has 2 aromatic heterocycles. The SMILES string of the molecule is c1cc(N2CCCC2)n2cc([C@H]3CNCCN3CC3CC3)nc2c1. The Kier molecular flexibility index (Phi) is 3.71. The highest BCUT2D eigenvalue weighted by Gasteiger charge is 2.31. The predicted molar refractivity (Wildman–Crippen MR) is 96.5 cm³/mol. The van der Waals surface area contributed by atoms with E-state index in [0.29, 0.717) is 6.04 Å². The molecule has 5 heteroatoms. The quantitative estimate of drug-likeness (QED) is 0.936. The number of nitrogens with one attached hydrogen (secondary N) is 1. The molecule has 2 aliphatic heterocycles. The predicted octanol–water partition coefficient (Wildman–Crippen LogP) is 2.29. The maximum absolute atomic E-state index is 5.00. The Labute approximate surface area is 143 Å². The summed E-state index contributed by atoms with van der Waals surface area (Å²) in [6, 6.07) is 6.96. The molecule has 5 nitrogen and oxygen atoms in total. The van der Waals surface area contributed by atoms with Crippen LogP contribution < -0.4 is 10.2 Å². The summed E-state index contributed by atoms with van der Waals surface area (Å²) in [5.74, 6) is 2.24. The first-order valence-corrected chi connectivity index (χ1v) is 9.56. The van der Waals surface area contributed by atoms with Gasteiger partial charge < -0.3 is 10.2 Å². The maximum atomic E-state index is 5.00. The smallest absolute Gasteiger partial charge is 0.138 e. The zero-order valence-electron chi connectivity index (χ0n) is 14.3. The number of piperazine rings is 1. The molecule has 2 saturated heterocycles. The molecule has 24 heavy (non-hydrogen) atoms. The molecule has 2 aromatic rings. The standard InChI is InChI=1S/C19H27N5/c1-2-10-22(9-1)19-5-3-4-18-21-16(14-24(18)19)17-12-20-8-11-23(17)13-15-6-7-15/h3-5,14-15,17,20H,1-2,6-13H2/t17-/m1/s1. The summed E-state index contributed by atoms with van der Waals surface area (Å²) in [6.07, 6.45) is 7.74. The second-order valence-electron chi connectivity index (χ2n) is 7.63. The van der Waals surface area contributed by atoms with Crippen LogP contribution in [0.25, 0.3) is 5.65 Å². The zero-order chi connectivity index (χ0) is 15.9. The van der Waals surface area contributed by atoms with E-state index in [2.05, 4.69) is 43.9 Å². The minimum absolute atomic E-state index is 0.422. The van der Waals surface area contributed by atoms with Crippen molar-refractivity contribution in [1.29, 1.82) is 0 Å². The van der Waals surface area contributed by atoms with Crippen LogP contribution in [0, 0.1) is 5.92 Å². The average molecular weight is 325 g/mol. The molecule has 4 heterocycles. The fourth-order valence-corrected chi connectivity index (χ4v) is 4.27. The molecule has 1 N–H and O–H groups in total. The molecule has 5 rings (SSSR count). The van der Waals surface area contributed by atoms with E-state index in [1.165, 1.54) is 56.8 Å². The van der Waals surface area contributed by atoms with E-state index in [9.17, 15) is 0 Å². The van der Waals surface area contributed by atoms with Gasteiger partial charge in [-0.1, -0.05) is 6.07 Å². The normalized spacial score (nSPS) is 25.7. The Hall–Kier alpha value is -1.59. The van der Waals surface area contributed by atoms with Gasteiger partial charge in [0.1, 0.15) is 11.5 Å². The van der Waals surface area contributed by atoms with Crippen LogP contribution in [0.3, 0.4) is 0 Å². The summed E-state index contributed by atoms with van der Waals surface area (Å²) in [7, 11) is 0. The van der Waals surface area contributed by atoms with E-state index >= 15 is 0 Å². The number of aromatic nitrogens is 2. The molecule has 1 atom stereocenters. The highest BCUT2D eigenvalue weighted by Crippen LogP contribution is 2.33.